The third-order valence-electron chi connectivity index (χ3n) is 3.30. The first kappa shape index (κ1) is 13.3. The molecule has 1 fully saturated rings. The maximum Gasteiger partial charge on any atom is 0.418 e. The Morgan fingerprint density at radius 3 is 2.50 bits per heavy atom. The van der Waals surface area contributed by atoms with Crippen LogP contribution in [0.5, 0.6) is 0 Å². The molecule has 0 radical (unpaired) electrons. The fourth-order valence-electron chi connectivity index (χ4n) is 2.33. The lowest BCUT2D eigenvalue weighted by Crippen LogP contribution is -2.29. The Balaban J connectivity index is 2.14. The summed E-state index contributed by atoms with van der Waals surface area (Å²) in [5, 5.41) is 0. The number of hydrogen-bond donors (Lipinski definition) is 0. The summed E-state index contributed by atoms with van der Waals surface area (Å²) in [6, 6.07) is 1.23. The molecule has 18 heavy (non-hydrogen) atoms. The summed E-state index contributed by atoms with van der Waals surface area (Å²) in [4.78, 5) is 6.05. The molecule has 0 atom stereocenters. The van der Waals surface area contributed by atoms with Gasteiger partial charge < -0.3 is 0 Å². The van der Waals surface area contributed by atoms with E-state index in [4.69, 9.17) is 0 Å². The third kappa shape index (κ3) is 3.22. The van der Waals surface area contributed by atoms with Gasteiger partial charge in [-0.2, -0.15) is 13.2 Å². The minimum atomic E-state index is -4.31. The van der Waals surface area contributed by atoms with E-state index in [0.717, 1.165) is 25.9 Å². The molecule has 1 aromatic heterocycles. The Labute approximate surface area is 105 Å². The van der Waals surface area contributed by atoms with Crippen LogP contribution in [0.3, 0.4) is 0 Å². The first-order chi connectivity index (χ1) is 8.47. The van der Waals surface area contributed by atoms with Gasteiger partial charge in [0.05, 0.1) is 5.56 Å². The topological polar surface area (TPSA) is 16.1 Å². The van der Waals surface area contributed by atoms with Crippen molar-refractivity contribution in [3.05, 3.63) is 29.1 Å². The number of hydrogen-bond acceptors (Lipinski definition) is 2. The van der Waals surface area contributed by atoms with Crippen LogP contribution in [0.15, 0.2) is 12.3 Å². The zero-order valence-corrected chi connectivity index (χ0v) is 10.4. The standard InChI is InChI=1S/C13H17F3N2/c1-10-12(13(14,15)16)7-11(8-17-10)9-18-5-3-2-4-6-18/h7-8H,2-6,9H2,1H3. The second kappa shape index (κ2) is 5.26. The number of nitrogens with zero attached hydrogens (tertiary/aromatic N) is 2. The van der Waals surface area contributed by atoms with Crippen molar-refractivity contribution in [3.63, 3.8) is 0 Å². The Hall–Kier alpha value is -1.10. The first-order valence-corrected chi connectivity index (χ1v) is 6.22. The highest BCUT2D eigenvalue weighted by Crippen LogP contribution is 2.31. The lowest BCUT2D eigenvalue weighted by Gasteiger charge is -2.26. The van der Waals surface area contributed by atoms with Crippen LogP contribution in [-0.2, 0) is 12.7 Å². The fourth-order valence-corrected chi connectivity index (χ4v) is 2.33. The van der Waals surface area contributed by atoms with Crippen LogP contribution < -0.4 is 0 Å². The summed E-state index contributed by atoms with van der Waals surface area (Å²) in [5.41, 5.74) is 0.0803. The molecule has 5 heteroatoms. The van der Waals surface area contributed by atoms with Gasteiger partial charge in [-0.1, -0.05) is 6.42 Å². The molecule has 0 bridgehead atoms. The van der Waals surface area contributed by atoms with E-state index in [9.17, 15) is 13.2 Å². The number of alkyl halides is 3. The summed E-state index contributed by atoms with van der Waals surface area (Å²) in [5.74, 6) is 0. The van der Waals surface area contributed by atoms with Crippen LogP contribution in [0.1, 0.15) is 36.1 Å². The maximum atomic E-state index is 12.8. The van der Waals surface area contributed by atoms with Crippen LogP contribution in [-0.4, -0.2) is 23.0 Å². The highest BCUT2D eigenvalue weighted by molar-refractivity contribution is 5.27. The van der Waals surface area contributed by atoms with Crippen molar-refractivity contribution in [2.45, 2.75) is 38.9 Å². The molecular weight excluding hydrogens is 241 g/mol. The number of pyridine rings is 1. The second-order valence-electron chi connectivity index (χ2n) is 4.81. The Morgan fingerprint density at radius 1 is 1.22 bits per heavy atom. The van der Waals surface area contributed by atoms with Crippen LogP contribution >= 0.6 is 0 Å². The smallest absolute Gasteiger partial charge is 0.299 e. The minimum absolute atomic E-state index is 0.0462. The summed E-state index contributed by atoms with van der Waals surface area (Å²) in [6.07, 6.45) is 0.724. The van der Waals surface area contributed by atoms with Crippen LogP contribution in [0.4, 0.5) is 13.2 Å². The SMILES string of the molecule is Cc1ncc(CN2CCCCC2)cc1C(F)(F)F. The predicted molar refractivity (Wildman–Crippen MR) is 63.1 cm³/mol. The normalized spacial score (nSPS) is 18.0. The predicted octanol–water partition coefficient (Wildman–Crippen LogP) is 3.39. The van der Waals surface area contributed by atoms with Gasteiger partial charge in [0.25, 0.3) is 0 Å². The Bertz CT molecular complexity index is 409. The molecule has 0 spiro atoms. The molecule has 1 aliphatic rings. The molecule has 1 aromatic rings. The van der Waals surface area contributed by atoms with Crippen LogP contribution in [0.25, 0.3) is 0 Å². The number of halogens is 3. The van der Waals surface area contributed by atoms with E-state index in [2.05, 4.69) is 9.88 Å². The van der Waals surface area contributed by atoms with Gasteiger partial charge in [-0.05, 0) is 44.5 Å². The van der Waals surface area contributed by atoms with E-state index >= 15 is 0 Å². The van der Waals surface area contributed by atoms with Crippen LogP contribution in [0, 0.1) is 6.92 Å². The van der Waals surface area contributed by atoms with E-state index in [1.54, 1.807) is 6.20 Å². The molecule has 2 heterocycles. The van der Waals surface area contributed by atoms with Crippen molar-refractivity contribution in [2.24, 2.45) is 0 Å². The van der Waals surface area contributed by atoms with Crippen LogP contribution in [0.2, 0.25) is 0 Å². The number of likely N-dealkylation sites (tertiary alicyclic amines) is 1. The molecule has 1 saturated heterocycles. The average molecular weight is 258 g/mol. The van der Waals surface area contributed by atoms with E-state index in [-0.39, 0.29) is 5.69 Å². The van der Waals surface area contributed by atoms with Gasteiger partial charge in [0, 0.05) is 18.4 Å². The zero-order valence-electron chi connectivity index (χ0n) is 10.4. The van der Waals surface area contributed by atoms with Crippen molar-refractivity contribution < 1.29 is 13.2 Å². The number of aryl methyl sites for hydroxylation is 1. The van der Waals surface area contributed by atoms with Gasteiger partial charge in [-0.25, -0.2) is 0 Å². The summed E-state index contributed by atoms with van der Waals surface area (Å²) in [7, 11) is 0. The fraction of sp³-hybridized carbons (Fsp3) is 0.615. The zero-order chi connectivity index (χ0) is 13.2. The van der Waals surface area contributed by atoms with E-state index < -0.39 is 11.7 Å². The quantitative estimate of drug-likeness (QED) is 0.808. The first-order valence-electron chi connectivity index (χ1n) is 6.22. The number of piperidine rings is 1. The van der Waals surface area contributed by atoms with E-state index in [0.29, 0.717) is 12.1 Å². The molecule has 0 amide bonds. The Kier molecular flexibility index (Phi) is 3.90. The van der Waals surface area contributed by atoms with Crippen molar-refractivity contribution in [1.29, 1.82) is 0 Å². The van der Waals surface area contributed by atoms with Gasteiger partial charge in [0.1, 0.15) is 0 Å². The van der Waals surface area contributed by atoms with E-state index in [1.165, 1.54) is 19.4 Å². The van der Waals surface area contributed by atoms with Crippen molar-refractivity contribution >= 4 is 0 Å². The molecule has 2 rings (SSSR count). The molecule has 2 nitrogen and oxygen atoms in total. The van der Waals surface area contributed by atoms with Crippen molar-refractivity contribution in [3.8, 4) is 0 Å². The van der Waals surface area contributed by atoms with Gasteiger partial charge in [0.2, 0.25) is 0 Å². The third-order valence-corrected chi connectivity index (χ3v) is 3.30. The molecule has 0 aromatic carbocycles. The highest BCUT2D eigenvalue weighted by Gasteiger charge is 2.33. The van der Waals surface area contributed by atoms with Crippen molar-refractivity contribution in [1.82, 2.24) is 9.88 Å². The summed E-state index contributed by atoms with van der Waals surface area (Å²) in [6.45, 7) is 3.90. The summed E-state index contributed by atoms with van der Waals surface area (Å²) < 4.78 is 38.3. The average Bonchev–Trinajstić information content (AvgIpc) is 2.31. The molecular formula is C13H17F3N2. The molecule has 1 aliphatic heterocycles. The Morgan fingerprint density at radius 2 is 1.89 bits per heavy atom. The monoisotopic (exact) mass is 258 g/mol. The molecule has 0 N–H and O–H groups in total. The highest BCUT2D eigenvalue weighted by atomic mass is 19.4. The molecule has 0 aliphatic carbocycles. The summed E-state index contributed by atoms with van der Waals surface area (Å²) >= 11 is 0. The molecule has 100 valence electrons. The van der Waals surface area contributed by atoms with Gasteiger partial charge in [0.15, 0.2) is 0 Å². The largest absolute Gasteiger partial charge is 0.418 e. The maximum absolute atomic E-state index is 12.8. The number of aromatic nitrogens is 1. The second-order valence-corrected chi connectivity index (χ2v) is 4.81. The van der Waals surface area contributed by atoms with E-state index in [1.807, 2.05) is 0 Å². The lowest BCUT2D eigenvalue weighted by molar-refractivity contribution is -0.138. The van der Waals surface area contributed by atoms with Gasteiger partial charge >= 0.3 is 6.18 Å². The van der Waals surface area contributed by atoms with Gasteiger partial charge in [-0.15, -0.1) is 0 Å². The minimum Gasteiger partial charge on any atom is -0.299 e. The van der Waals surface area contributed by atoms with Gasteiger partial charge in [-0.3, -0.25) is 9.88 Å². The lowest BCUT2D eigenvalue weighted by atomic mass is 10.1. The number of rotatable bonds is 2. The van der Waals surface area contributed by atoms with Crippen molar-refractivity contribution in [2.75, 3.05) is 13.1 Å². The molecule has 0 unspecified atom stereocenters. The molecule has 0 saturated carbocycles.